The van der Waals surface area contributed by atoms with Crippen LogP contribution in [-0.2, 0) is 16.7 Å². The number of nitrogens with one attached hydrogen (secondary N) is 2. The number of oxazole rings is 1. The summed E-state index contributed by atoms with van der Waals surface area (Å²) in [5.74, 6) is 2.95. The molecule has 2 rings (SSSR count). The van der Waals surface area contributed by atoms with Crippen molar-refractivity contribution in [3.63, 3.8) is 0 Å². The van der Waals surface area contributed by atoms with Gasteiger partial charge >= 0.3 is 0 Å². The molecule has 1 aromatic heterocycles. The molecule has 2 heterocycles. The summed E-state index contributed by atoms with van der Waals surface area (Å²) in [5, 5.41) is 6.59. The first kappa shape index (κ1) is 20.7. The van der Waals surface area contributed by atoms with E-state index in [1.807, 2.05) is 0 Å². The van der Waals surface area contributed by atoms with E-state index in [1.165, 1.54) is 0 Å². The smallest absolute Gasteiger partial charge is 0.213 e. The third kappa shape index (κ3) is 6.61. The zero-order valence-electron chi connectivity index (χ0n) is 17.1. The Kier molecular flexibility index (Phi) is 7.46. The number of guanidine groups is 1. The van der Waals surface area contributed by atoms with Gasteiger partial charge in [-0.3, -0.25) is 9.89 Å². The highest BCUT2D eigenvalue weighted by Crippen LogP contribution is 2.22. The lowest BCUT2D eigenvalue weighted by Gasteiger charge is -2.34. The molecule has 1 aromatic rings. The minimum absolute atomic E-state index is 0.0364. The maximum absolute atomic E-state index is 5.87. The molecule has 0 bridgehead atoms. The van der Waals surface area contributed by atoms with E-state index >= 15 is 0 Å². The lowest BCUT2D eigenvalue weighted by Crippen LogP contribution is -2.50. The molecule has 1 atom stereocenters. The van der Waals surface area contributed by atoms with Crippen LogP contribution < -0.4 is 10.6 Å². The number of hydrogen-bond acceptors (Lipinski definition) is 5. The number of aliphatic imine (C=N–C) groups is 1. The molecule has 0 amide bonds. The second-order valence-corrected chi connectivity index (χ2v) is 8.32. The number of ether oxygens (including phenoxy) is 1. The fraction of sp³-hybridized carbons (Fsp3) is 0.789. The maximum atomic E-state index is 5.87. The van der Waals surface area contributed by atoms with Crippen LogP contribution in [0.4, 0.5) is 0 Å². The summed E-state index contributed by atoms with van der Waals surface area (Å²) in [5.41, 5.74) is -0.0364. The van der Waals surface area contributed by atoms with Gasteiger partial charge in [-0.1, -0.05) is 34.6 Å². The van der Waals surface area contributed by atoms with Crippen LogP contribution in [0.3, 0.4) is 0 Å². The molecule has 7 heteroatoms. The fourth-order valence-electron chi connectivity index (χ4n) is 2.92. The third-order valence-electron chi connectivity index (χ3n) is 4.27. The van der Waals surface area contributed by atoms with Gasteiger partial charge in [-0.25, -0.2) is 4.98 Å². The van der Waals surface area contributed by atoms with Gasteiger partial charge in [0.15, 0.2) is 5.96 Å². The molecule has 0 spiro atoms. The largest absolute Gasteiger partial charge is 0.443 e. The van der Waals surface area contributed by atoms with Crippen LogP contribution in [-0.4, -0.2) is 61.8 Å². The Morgan fingerprint density at radius 3 is 2.77 bits per heavy atom. The van der Waals surface area contributed by atoms with E-state index in [-0.39, 0.29) is 11.5 Å². The molecule has 1 fully saturated rings. The van der Waals surface area contributed by atoms with Crippen molar-refractivity contribution in [1.82, 2.24) is 20.5 Å². The molecule has 1 aliphatic heterocycles. The lowest BCUT2D eigenvalue weighted by molar-refractivity contribution is -0.0284. The number of aromatic nitrogens is 1. The van der Waals surface area contributed by atoms with Crippen molar-refractivity contribution in [2.75, 3.05) is 39.8 Å². The second-order valence-electron chi connectivity index (χ2n) is 8.32. The Balaban J connectivity index is 1.76. The summed E-state index contributed by atoms with van der Waals surface area (Å²) in [6.45, 7) is 15.9. The summed E-state index contributed by atoms with van der Waals surface area (Å²) in [4.78, 5) is 11.1. The highest BCUT2D eigenvalue weighted by Gasteiger charge is 2.21. The van der Waals surface area contributed by atoms with Gasteiger partial charge in [-0.15, -0.1) is 0 Å². The zero-order chi connectivity index (χ0) is 19.2. The molecule has 1 aliphatic rings. The van der Waals surface area contributed by atoms with Crippen LogP contribution in [0.25, 0.3) is 0 Å². The van der Waals surface area contributed by atoms with Gasteiger partial charge in [-0.05, 0) is 5.92 Å². The Labute approximate surface area is 157 Å². The molecule has 0 aromatic carbocycles. The predicted molar refractivity (Wildman–Crippen MR) is 104 cm³/mol. The molecule has 148 valence electrons. The van der Waals surface area contributed by atoms with E-state index in [0.717, 1.165) is 44.5 Å². The average molecular weight is 366 g/mol. The van der Waals surface area contributed by atoms with Crippen LogP contribution in [0.2, 0.25) is 0 Å². The molecule has 0 aliphatic carbocycles. The predicted octanol–water partition coefficient (Wildman–Crippen LogP) is 1.99. The molecular weight excluding hydrogens is 330 g/mol. The molecule has 1 unspecified atom stereocenters. The van der Waals surface area contributed by atoms with Crippen molar-refractivity contribution in [3.8, 4) is 0 Å². The van der Waals surface area contributed by atoms with Gasteiger partial charge in [-0.2, -0.15) is 0 Å². The summed E-state index contributed by atoms with van der Waals surface area (Å²) < 4.78 is 11.7. The Morgan fingerprint density at radius 1 is 1.38 bits per heavy atom. The number of morpholine rings is 1. The molecular formula is C19H35N5O2. The van der Waals surface area contributed by atoms with Gasteiger partial charge in [0.05, 0.1) is 25.5 Å². The van der Waals surface area contributed by atoms with Crippen molar-refractivity contribution >= 4 is 5.96 Å². The summed E-state index contributed by atoms with van der Waals surface area (Å²) in [7, 11) is 1.76. The number of rotatable bonds is 6. The topological polar surface area (TPSA) is 74.9 Å². The van der Waals surface area contributed by atoms with Crippen LogP contribution >= 0.6 is 0 Å². The van der Waals surface area contributed by atoms with Crippen molar-refractivity contribution in [2.24, 2.45) is 10.9 Å². The van der Waals surface area contributed by atoms with Crippen molar-refractivity contribution < 1.29 is 9.15 Å². The van der Waals surface area contributed by atoms with Crippen molar-refractivity contribution in [3.05, 3.63) is 17.8 Å². The quantitative estimate of drug-likeness (QED) is 0.593. The SMILES string of the molecule is CN=C(NCc1ncc(C(C)(C)C)o1)NCC1CN(CC(C)C)CCO1. The van der Waals surface area contributed by atoms with Crippen LogP contribution in [0.1, 0.15) is 46.3 Å². The van der Waals surface area contributed by atoms with E-state index in [0.29, 0.717) is 18.4 Å². The van der Waals surface area contributed by atoms with Gasteiger partial charge in [0, 0.05) is 38.6 Å². The fourth-order valence-corrected chi connectivity index (χ4v) is 2.92. The summed E-state index contributed by atoms with van der Waals surface area (Å²) in [6.07, 6.45) is 1.97. The van der Waals surface area contributed by atoms with Crippen LogP contribution in [0.15, 0.2) is 15.6 Å². The Hall–Kier alpha value is -1.60. The number of nitrogens with zero attached hydrogens (tertiary/aromatic N) is 3. The maximum Gasteiger partial charge on any atom is 0.213 e. The van der Waals surface area contributed by atoms with E-state index in [4.69, 9.17) is 9.15 Å². The lowest BCUT2D eigenvalue weighted by atomic mass is 9.94. The highest BCUT2D eigenvalue weighted by atomic mass is 16.5. The van der Waals surface area contributed by atoms with Crippen LogP contribution in [0, 0.1) is 5.92 Å². The minimum atomic E-state index is -0.0364. The van der Waals surface area contributed by atoms with Crippen molar-refractivity contribution in [1.29, 1.82) is 0 Å². The standard InChI is InChI=1S/C19H35N5O2/c1-14(2)12-24-7-8-25-15(13-24)9-22-18(20-6)23-11-17-21-10-16(26-17)19(3,4)5/h10,14-15H,7-9,11-13H2,1-6H3,(H2,20,22,23). The third-order valence-corrected chi connectivity index (χ3v) is 4.27. The minimum Gasteiger partial charge on any atom is -0.443 e. The molecule has 1 saturated heterocycles. The number of hydrogen-bond donors (Lipinski definition) is 2. The molecule has 7 nitrogen and oxygen atoms in total. The van der Waals surface area contributed by atoms with Crippen molar-refractivity contribution in [2.45, 2.75) is 52.7 Å². The molecule has 26 heavy (non-hydrogen) atoms. The normalized spacial score (nSPS) is 19.8. The second kappa shape index (κ2) is 9.37. The molecule has 0 saturated carbocycles. The van der Waals surface area contributed by atoms with Gasteiger partial charge in [0.25, 0.3) is 0 Å². The van der Waals surface area contributed by atoms with E-state index in [2.05, 4.69) is 60.1 Å². The van der Waals surface area contributed by atoms with Crippen LogP contribution in [0.5, 0.6) is 0 Å². The summed E-state index contributed by atoms with van der Waals surface area (Å²) in [6, 6.07) is 0. The monoisotopic (exact) mass is 365 g/mol. The molecule has 0 radical (unpaired) electrons. The van der Waals surface area contributed by atoms with E-state index < -0.39 is 0 Å². The average Bonchev–Trinajstić information content (AvgIpc) is 3.04. The summed E-state index contributed by atoms with van der Waals surface area (Å²) >= 11 is 0. The van der Waals surface area contributed by atoms with E-state index in [1.54, 1.807) is 13.2 Å². The first-order chi connectivity index (χ1) is 12.3. The van der Waals surface area contributed by atoms with Gasteiger partial charge in [0.2, 0.25) is 5.89 Å². The molecule has 2 N–H and O–H groups in total. The highest BCUT2D eigenvalue weighted by molar-refractivity contribution is 5.79. The van der Waals surface area contributed by atoms with Gasteiger partial charge in [0.1, 0.15) is 5.76 Å². The zero-order valence-corrected chi connectivity index (χ0v) is 17.1. The van der Waals surface area contributed by atoms with Gasteiger partial charge < -0.3 is 19.8 Å². The first-order valence-corrected chi connectivity index (χ1v) is 9.51. The Bertz CT molecular complexity index is 577. The Morgan fingerprint density at radius 2 is 2.15 bits per heavy atom. The van der Waals surface area contributed by atoms with E-state index in [9.17, 15) is 0 Å². The first-order valence-electron chi connectivity index (χ1n) is 9.51.